The second-order valence-electron chi connectivity index (χ2n) is 5.50. The maximum absolute atomic E-state index is 5.68. The van der Waals surface area contributed by atoms with Crippen molar-refractivity contribution in [2.75, 3.05) is 13.2 Å². The molecule has 0 saturated heterocycles. The lowest BCUT2D eigenvalue weighted by Crippen LogP contribution is -2.19. The van der Waals surface area contributed by atoms with Crippen molar-refractivity contribution in [3.05, 3.63) is 36.7 Å². The molecule has 1 aromatic rings. The van der Waals surface area contributed by atoms with E-state index in [1.54, 1.807) is 0 Å². The molecule has 1 aromatic heterocycles. The van der Waals surface area contributed by atoms with E-state index in [1.165, 1.54) is 12.8 Å². The predicted molar refractivity (Wildman–Crippen MR) is 84.9 cm³/mol. The van der Waals surface area contributed by atoms with Gasteiger partial charge in [0.15, 0.2) is 0 Å². The van der Waals surface area contributed by atoms with Gasteiger partial charge in [-0.1, -0.05) is 19.9 Å². The summed E-state index contributed by atoms with van der Waals surface area (Å²) in [5.74, 6) is 1.53. The molecule has 0 aromatic carbocycles. The van der Waals surface area contributed by atoms with Gasteiger partial charge in [0.25, 0.3) is 0 Å². The average Bonchev–Trinajstić information content (AvgIpc) is 2.44. The van der Waals surface area contributed by atoms with E-state index in [1.807, 2.05) is 24.4 Å². The summed E-state index contributed by atoms with van der Waals surface area (Å²) in [6, 6.07) is 4.03. The number of rotatable bonds is 11. The highest BCUT2D eigenvalue weighted by atomic mass is 16.5. The number of hydrogen-bond acceptors (Lipinski definition) is 3. The Hall–Kier alpha value is -1.35. The first-order chi connectivity index (χ1) is 9.72. The summed E-state index contributed by atoms with van der Waals surface area (Å²) in [6.45, 7) is 10.7. The quantitative estimate of drug-likeness (QED) is 0.491. The Balaban J connectivity index is 2.16. The molecule has 1 heterocycles. The zero-order valence-electron chi connectivity index (χ0n) is 12.9. The van der Waals surface area contributed by atoms with E-state index in [-0.39, 0.29) is 0 Å². The third-order valence-corrected chi connectivity index (χ3v) is 2.98. The molecular formula is C17H28N2O. The van der Waals surface area contributed by atoms with E-state index in [4.69, 9.17) is 4.74 Å². The van der Waals surface area contributed by atoms with Crippen LogP contribution in [0.1, 0.15) is 45.2 Å². The van der Waals surface area contributed by atoms with Crippen LogP contribution >= 0.6 is 0 Å². The first-order valence-electron chi connectivity index (χ1n) is 7.61. The molecule has 3 heteroatoms. The van der Waals surface area contributed by atoms with Gasteiger partial charge in [-0.15, -0.1) is 6.58 Å². The number of unbranched alkanes of at least 4 members (excludes halogenated alkanes) is 3. The highest BCUT2D eigenvalue weighted by Crippen LogP contribution is 2.10. The van der Waals surface area contributed by atoms with Gasteiger partial charge in [0.2, 0.25) is 0 Å². The second kappa shape index (κ2) is 10.4. The first-order valence-corrected chi connectivity index (χ1v) is 7.61. The molecule has 0 saturated carbocycles. The number of allylic oxidation sites excluding steroid dienone is 1. The second-order valence-corrected chi connectivity index (χ2v) is 5.50. The molecule has 0 aliphatic heterocycles. The number of nitrogens with one attached hydrogen (secondary N) is 1. The normalized spacial score (nSPS) is 10.8. The van der Waals surface area contributed by atoms with Crippen molar-refractivity contribution in [1.82, 2.24) is 10.3 Å². The van der Waals surface area contributed by atoms with Crippen LogP contribution in [0.25, 0.3) is 0 Å². The van der Waals surface area contributed by atoms with E-state index < -0.39 is 0 Å². The summed E-state index contributed by atoms with van der Waals surface area (Å²) < 4.78 is 5.68. The third kappa shape index (κ3) is 7.95. The minimum absolute atomic E-state index is 0.665. The van der Waals surface area contributed by atoms with Crippen molar-refractivity contribution in [1.29, 1.82) is 0 Å². The van der Waals surface area contributed by atoms with Crippen LogP contribution in [0.4, 0.5) is 0 Å². The maximum Gasteiger partial charge on any atom is 0.137 e. The van der Waals surface area contributed by atoms with Crippen LogP contribution in [0, 0.1) is 5.92 Å². The number of nitrogens with zero attached hydrogens (tertiary/aromatic N) is 1. The van der Waals surface area contributed by atoms with Gasteiger partial charge in [-0.2, -0.15) is 0 Å². The summed E-state index contributed by atoms with van der Waals surface area (Å²) in [5, 5.41) is 3.38. The molecule has 3 nitrogen and oxygen atoms in total. The van der Waals surface area contributed by atoms with Crippen LogP contribution in [0.15, 0.2) is 31.0 Å². The Bertz CT molecular complexity index is 360. The van der Waals surface area contributed by atoms with Crippen molar-refractivity contribution < 1.29 is 4.74 Å². The third-order valence-electron chi connectivity index (χ3n) is 2.98. The zero-order valence-corrected chi connectivity index (χ0v) is 12.9. The maximum atomic E-state index is 5.68. The summed E-state index contributed by atoms with van der Waals surface area (Å²) >= 11 is 0. The summed E-state index contributed by atoms with van der Waals surface area (Å²) in [7, 11) is 0. The SMILES string of the molecule is C=CCCCCCOc1ccc(CNCC(C)C)nc1. The minimum Gasteiger partial charge on any atom is -0.492 e. The topological polar surface area (TPSA) is 34.1 Å². The smallest absolute Gasteiger partial charge is 0.137 e. The van der Waals surface area contributed by atoms with Crippen LogP contribution < -0.4 is 10.1 Å². The van der Waals surface area contributed by atoms with Gasteiger partial charge in [0, 0.05) is 6.54 Å². The minimum atomic E-state index is 0.665. The average molecular weight is 276 g/mol. The van der Waals surface area contributed by atoms with E-state index >= 15 is 0 Å². The zero-order chi connectivity index (χ0) is 14.6. The van der Waals surface area contributed by atoms with Crippen LogP contribution in [0.5, 0.6) is 5.75 Å². The van der Waals surface area contributed by atoms with Crippen molar-refractivity contribution >= 4 is 0 Å². The lowest BCUT2D eigenvalue weighted by atomic mass is 10.2. The van der Waals surface area contributed by atoms with E-state index in [2.05, 4.69) is 30.7 Å². The Labute approximate surface area is 123 Å². The highest BCUT2D eigenvalue weighted by molar-refractivity contribution is 5.19. The molecule has 0 aliphatic carbocycles. The summed E-state index contributed by atoms with van der Waals surface area (Å²) in [6.07, 6.45) is 8.36. The van der Waals surface area contributed by atoms with Gasteiger partial charge in [-0.25, -0.2) is 0 Å². The Morgan fingerprint density at radius 3 is 2.80 bits per heavy atom. The fourth-order valence-corrected chi connectivity index (χ4v) is 1.85. The van der Waals surface area contributed by atoms with Gasteiger partial charge in [0.1, 0.15) is 5.75 Å². The largest absolute Gasteiger partial charge is 0.492 e. The molecule has 0 radical (unpaired) electrons. The molecule has 0 unspecified atom stereocenters. The van der Waals surface area contributed by atoms with Crippen molar-refractivity contribution in [2.24, 2.45) is 5.92 Å². The molecular weight excluding hydrogens is 248 g/mol. The molecule has 0 bridgehead atoms. The van der Waals surface area contributed by atoms with Gasteiger partial charge in [0.05, 0.1) is 18.5 Å². The molecule has 20 heavy (non-hydrogen) atoms. The molecule has 0 aliphatic rings. The number of ether oxygens (including phenoxy) is 1. The van der Waals surface area contributed by atoms with Crippen LogP contribution in [0.2, 0.25) is 0 Å². The molecule has 0 fully saturated rings. The van der Waals surface area contributed by atoms with Crippen molar-refractivity contribution in [3.63, 3.8) is 0 Å². The van der Waals surface area contributed by atoms with Crippen LogP contribution in [-0.2, 0) is 6.54 Å². The molecule has 1 N–H and O–H groups in total. The van der Waals surface area contributed by atoms with E-state index in [0.29, 0.717) is 5.92 Å². The summed E-state index contributed by atoms with van der Waals surface area (Å²) in [4.78, 5) is 4.40. The molecule has 112 valence electrons. The molecule has 0 amide bonds. The van der Waals surface area contributed by atoms with Gasteiger partial charge >= 0.3 is 0 Å². The molecule has 1 rings (SSSR count). The first kappa shape index (κ1) is 16.7. The predicted octanol–water partition coefficient (Wildman–Crippen LogP) is 3.95. The monoisotopic (exact) mass is 276 g/mol. The Kier molecular flexibility index (Phi) is 8.72. The van der Waals surface area contributed by atoms with Gasteiger partial charge in [-0.3, -0.25) is 4.98 Å². The van der Waals surface area contributed by atoms with Gasteiger partial charge in [-0.05, 0) is 50.3 Å². The number of pyridine rings is 1. The number of aromatic nitrogens is 1. The molecule has 0 spiro atoms. The highest BCUT2D eigenvalue weighted by Gasteiger charge is 1.98. The van der Waals surface area contributed by atoms with Crippen molar-refractivity contribution in [3.8, 4) is 5.75 Å². The fraction of sp³-hybridized carbons (Fsp3) is 0.588. The van der Waals surface area contributed by atoms with Crippen LogP contribution in [-0.4, -0.2) is 18.1 Å². The van der Waals surface area contributed by atoms with Crippen LogP contribution in [0.3, 0.4) is 0 Å². The van der Waals surface area contributed by atoms with Gasteiger partial charge < -0.3 is 10.1 Å². The van der Waals surface area contributed by atoms with E-state index in [9.17, 15) is 0 Å². The fourth-order valence-electron chi connectivity index (χ4n) is 1.85. The molecule has 0 atom stereocenters. The standard InChI is InChI=1S/C17H28N2O/c1-4-5-6-7-8-11-20-17-10-9-16(19-14-17)13-18-12-15(2)3/h4,9-10,14-15,18H,1,5-8,11-13H2,2-3H3. The summed E-state index contributed by atoms with van der Waals surface area (Å²) in [5.41, 5.74) is 1.06. The Morgan fingerprint density at radius 2 is 2.15 bits per heavy atom. The Morgan fingerprint density at radius 1 is 1.30 bits per heavy atom. The lowest BCUT2D eigenvalue weighted by molar-refractivity contribution is 0.304. The lowest BCUT2D eigenvalue weighted by Gasteiger charge is -2.08. The van der Waals surface area contributed by atoms with Crippen molar-refractivity contribution in [2.45, 2.75) is 46.1 Å². The number of hydrogen-bond donors (Lipinski definition) is 1. The van der Waals surface area contributed by atoms with E-state index in [0.717, 1.165) is 44.0 Å².